The summed E-state index contributed by atoms with van der Waals surface area (Å²) >= 11 is 0. The van der Waals surface area contributed by atoms with E-state index in [1.54, 1.807) is 16.8 Å². The standard InChI is InChI=1S/C26H40N6O4/c1-27-25(21-7-5-3-4-6-8-21)28-29(2)22-9-12-32(13-10-22)26(34)36-20-24(33)31-16-14-30(15-17-31)23-11-18-35-19-23/h3-5,7-8,22-23H,6,9-20H2,1-2H3,(H,27,28). The average Bonchev–Trinajstić information content (AvgIpc) is 3.33. The van der Waals surface area contributed by atoms with Gasteiger partial charge in [-0.25, -0.2) is 9.80 Å². The van der Waals surface area contributed by atoms with E-state index in [1.165, 1.54) is 0 Å². The minimum Gasteiger partial charge on any atom is -0.439 e. The number of hydrogen-bond acceptors (Lipinski definition) is 7. The SMILES string of the molecule is CN=C(NN(C)C1CCN(C(=O)OCC(=O)N2CCN(C3CCOC3)CC2)CC1)C1=CCC=CC=C1. The molecule has 0 saturated carbocycles. The Morgan fingerprint density at radius 1 is 1.11 bits per heavy atom. The molecule has 1 unspecified atom stereocenters. The third kappa shape index (κ3) is 6.96. The number of hydrazine groups is 1. The van der Waals surface area contributed by atoms with Gasteiger partial charge in [-0.3, -0.25) is 14.7 Å². The second-order valence-electron chi connectivity index (χ2n) is 9.68. The van der Waals surface area contributed by atoms with Gasteiger partial charge in [-0.05, 0) is 25.7 Å². The van der Waals surface area contributed by atoms with Crippen LogP contribution in [0.1, 0.15) is 25.7 Å². The lowest BCUT2D eigenvalue weighted by Gasteiger charge is -2.38. The molecule has 2 amide bonds. The van der Waals surface area contributed by atoms with Crippen molar-refractivity contribution in [1.29, 1.82) is 0 Å². The van der Waals surface area contributed by atoms with Gasteiger partial charge in [-0.1, -0.05) is 30.4 Å². The molecule has 1 atom stereocenters. The molecular formula is C26H40N6O4. The maximum Gasteiger partial charge on any atom is 0.410 e. The van der Waals surface area contributed by atoms with E-state index >= 15 is 0 Å². The van der Waals surface area contributed by atoms with E-state index in [4.69, 9.17) is 9.47 Å². The Labute approximate surface area is 214 Å². The molecule has 0 aromatic heterocycles. The Balaban J connectivity index is 1.15. The number of hydrogen-bond donors (Lipinski definition) is 1. The first-order valence-corrected chi connectivity index (χ1v) is 13.1. The third-order valence-corrected chi connectivity index (χ3v) is 7.45. The topological polar surface area (TPSA) is 90.0 Å². The number of amides is 2. The molecule has 0 bridgehead atoms. The fourth-order valence-electron chi connectivity index (χ4n) is 5.15. The number of amidine groups is 1. The van der Waals surface area contributed by atoms with Crippen molar-refractivity contribution in [3.63, 3.8) is 0 Å². The smallest absolute Gasteiger partial charge is 0.410 e. The molecule has 4 aliphatic rings. The van der Waals surface area contributed by atoms with Gasteiger partial charge in [-0.15, -0.1) is 0 Å². The molecule has 1 aliphatic carbocycles. The van der Waals surface area contributed by atoms with E-state index in [0.717, 1.165) is 63.4 Å². The number of allylic oxidation sites excluding steroid dienone is 4. The Morgan fingerprint density at radius 3 is 2.58 bits per heavy atom. The predicted molar refractivity (Wildman–Crippen MR) is 139 cm³/mol. The van der Waals surface area contributed by atoms with Gasteiger partial charge in [0.15, 0.2) is 6.61 Å². The maximum absolute atomic E-state index is 12.6. The van der Waals surface area contributed by atoms with Crippen LogP contribution < -0.4 is 5.43 Å². The number of carbonyl (C=O) groups is 2. The van der Waals surface area contributed by atoms with Gasteiger partial charge in [0.05, 0.1) is 6.61 Å². The van der Waals surface area contributed by atoms with Gasteiger partial charge >= 0.3 is 6.09 Å². The summed E-state index contributed by atoms with van der Waals surface area (Å²) in [5.74, 6) is 0.711. The third-order valence-electron chi connectivity index (χ3n) is 7.45. The van der Waals surface area contributed by atoms with Crippen LogP contribution >= 0.6 is 0 Å². The molecular weight excluding hydrogens is 460 g/mol. The molecule has 198 valence electrons. The number of aliphatic imine (C=N–C) groups is 1. The van der Waals surface area contributed by atoms with Crippen molar-refractivity contribution in [1.82, 2.24) is 25.1 Å². The zero-order chi connectivity index (χ0) is 25.3. The zero-order valence-electron chi connectivity index (χ0n) is 21.6. The van der Waals surface area contributed by atoms with Crippen molar-refractivity contribution in [2.75, 3.05) is 73.2 Å². The highest BCUT2D eigenvalue weighted by molar-refractivity contribution is 6.00. The van der Waals surface area contributed by atoms with E-state index in [2.05, 4.69) is 38.6 Å². The van der Waals surface area contributed by atoms with Crippen LogP contribution in [0.2, 0.25) is 0 Å². The van der Waals surface area contributed by atoms with Crippen molar-refractivity contribution < 1.29 is 19.1 Å². The molecule has 3 saturated heterocycles. The molecule has 3 fully saturated rings. The van der Waals surface area contributed by atoms with E-state index in [1.807, 2.05) is 19.2 Å². The summed E-state index contributed by atoms with van der Waals surface area (Å²) in [5.41, 5.74) is 4.48. The normalized spacial score (nSPS) is 24.1. The van der Waals surface area contributed by atoms with Crippen LogP contribution in [0.4, 0.5) is 4.79 Å². The van der Waals surface area contributed by atoms with Crippen molar-refractivity contribution in [2.45, 2.75) is 37.8 Å². The average molecular weight is 501 g/mol. The molecule has 10 heteroatoms. The quantitative estimate of drug-likeness (QED) is 0.335. The number of likely N-dealkylation sites (tertiary alicyclic amines) is 1. The first-order chi connectivity index (χ1) is 17.5. The lowest BCUT2D eigenvalue weighted by Crippen LogP contribution is -2.53. The lowest BCUT2D eigenvalue weighted by atomic mass is 10.1. The van der Waals surface area contributed by atoms with Gasteiger partial charge in [0.1, 0.15) is 5.84 Å². The predicted octanol–water partition coefficient (Wildman–Crippen LogP) is 1.43. The first kappa shape index (κ1) is 26.4. The number of piperidine rings is 1. The number of ether oxygens (including phenoxy) is 2. The molecule has 10 nitrogen and oxygen atoms in total. The Hall–Kier alpha value is -2.69. The van der Waals surface area contributed by atoms with Crippen LogP contribution in [0.25, 0.3) is 0 Å². The van der Waals surface area contributed by atoms with Crippen molar-refractivity contribution in [3.8, 4) is 0 Å². The van der Waals surface area contributed by atoms with Gasteiger partial charge in [-0.2, -0.15) is 0 Å². The minimum absolute atomic E-state index is 0.118. The summed E-state index contributed by atoms with van der Waals surface area (Å²) in [6.45, 7) is 5.64. The molecule has 4 rings (SSSR count). The Bertz CT molecular complexity index is 879. The van der Waals surface area contributed by atoms with Gasteiger partial charge in [0.25, 0.3) is 5.91 Å². The van der Waals surface area contributed by atoms with E-state index in [9.17, 15) is 9.59 Å². The molecule has 3 heterocycles. The highest BCUT2D eigenvalue weighted by Crippen LogP contribution is 2.17. The summed E-state index contributed by atoms with van der Waals surface area (Å²) < 4.78 is 10.9. The van der Waals surface area contributed by atoms with Crippen LogP contribution in [0.15, 0.2) is 40.9 Å². The summed E-state index contributed by atoms with van der Waals surface area (Å²) in [6, 6.07) is 0.739. The second-order valence-corrected chi connectivity index (χ2v) is 9.68. The van der Waals surface area contributed by atoms with Crippen molar-refractivity contribution >= 4 is 17.8 Å². The molecule has 0 aromatic carbocycles. The van der Waals surface area contributed by atoms with Crippen molar-refractivity contribution in [2.24, 2.45) is 4.99 Å². The zero-order valence-corrected chi connectivity index (χ0v) is 21.6. The summed E-state index contributed by atoms with van der Waals surface area (Å²) in [6.07, 6.45) is 13.5. The number of nitrogens with one attached hydrogen (secondary N) is 1. The molecule has 1 N–H and O–H groups in total. The lowest BCUT2D eigenvalue weighted by molar-refractivity contribution is -0.136. The fraction of sp³-hybridized carbons (Fsp3) is 0.654. The number of piperazine rings is 1. The molecule has 0 spiro atoms. The summed E-state index contributed by atoms with van der Waals surface area (Å²) in [5, 5.41) is 2.08. The van der Waals surface area contributed by atoms with E-state index < -0.39 is 6.09 Å². The van der Waals surface area contributed by atoms with Crippen LogP contribution in [-0.2, 0) is 14.3 Å². The Morgan fingerprint density at radius 2 is 1.89 bits per heavy atom. The highest BCUT2D eigenvalue weighted by atomic mass is 16.6. The number of carbonyl (C=O) groups excluding carboxylic acids is 2. The second kappa shape index (κ2) is 13.0. The first-order valence-electron chi connectivity index (χ1n) is 13.1. The van der Waals surface area contributed by atoms with Crippen LogP contribution in [0.5, 0.6) is 0 Å². The van der Waals surface area contributed by atoms with Gasteiger partial charge in [0, 0.05) is 77.6 Å². The van der Waals surface area contributed by atoms with E-state index in [0.29, 0.717) is 32.2 Å². The maximum atomic E-state index is 12.6. The Kier molecular flexibility index (Phi) is 9.54. The van der Waals surface area contributed by atoms with Crippen LogP contribution in [0, 0.1) is 0 Å². The fourth-order valence-corrected chi connectivity index (χ4v) is 5.15. The summed E-state index contributed by atoms with van der Waals surface area (Å²) in [7, 11) is 3.80. The molecule has 0 aromatic rings. The van der Waals surface area contributed by atoms with Gasteiger partial charge in [0.2, 0.25) is 0 Å². The van der Waals surface area contributed by atoms with Crippen LogP contribution in [-0.4, -0.2) is 123 Å². The molecule has 36 heavy (non-hydrogen) atoms. The molecule has 0 radical (unpaired) electrons. The molecule has 3 aliphatic heterocycles. The highest BCUT2D eigenvalue weighted by Gasteiger charge is 2.30. The van der Waals surface area contributed by atoms with Crippen molar-refractivity contribution in [3.05, 3.63) is 36.0 Å². The largest absolute Gasteiger partial charge is 0.439 e. The number of nitrogens with zero attached hydrogens (tertiary/aromatic N) is 5. The number of rotatable bonds is 6. The monoisotopic (exact) mass is 500 g/mol. The van der Waals surface area contributed by atoms with E-state index in [-0.39, 0.29) is 18.6 Å². The minimum atomic E-state index is -0.406. The summed E-state index contributed by atoms with van der Waals surface area (Å²) in [4.78, 5) is 35.5. The van der Waals surface area contributed by atoms with Crippen LogP contribution in [0.3, 0.4) is 0 Å². The van der Waals surface area contributed by atoms with Gasteiger partial charge < -0.3 is 24.7 Å².